The summed E-state index contributed by atoms with van der Waals surface area (Å²) < 4.78 is 5.36. The Hall–Kier alpha value is -1.54. The van der Waals surface area contributed by atoms with Gasteiger partial charge in [-0.25, -0.2) is 0 Å². The third kappa shape index (κ3) is 2.48. The molecule has 2 nitrogen and oxygen atoms in total. The van der Waals surface area contributed by atoms with Gasteiger partial charge in [0.05, 0.1) is 6.26 Å². The quantitative estimate of drug-likeness (QED) is 0.548. The molecule has 1 aliphatic rings. The topological polar surface area (TPSA) is 12.5 Å². The van der Waals surface area contributed by atoms with Crippen LogP contribution in [0.15, 0.2) is 49.3 Å². The summed E-state index contributed by atoms with van der Waals surface area (Å²) in [6.45, 7) is 6.19. The molecule has 2 heteroatoms. The van der Waals surface area contributed by atoms with E-state index in [0.29, 0.717) is 6.73 Å². The Labute approximate surface area is 90.5 Å². The fourth-order valence-corrected chi connectivity index (χ4v) is 1.75. The minimum absolute atomic E-state index is 0.638. The van der Waals surface area contributed by atoms with Gasteiger partial charge in [-0.3, -0.25) is 4.90 Å². The van der Waals surface area contributed by atoms with Crippen LogP contribution in [0.2, 0.25) is 0 Å². The number of allylic oxidation sites excluding steroid dienone is 2. The molecule has 15 heavy (non-hydrogen) atoms. The molecule has 0 aromatic heterocycles. The lowest BCUT2D eigenvalue weighted by molar-refractivity contribution is 0.0888. The predicted molar refractivity (Wildman–Crippen MR) is 61.0 cm³/mol. The van der Waals surface area contributed by atoms with E-state index in [1.807, 2.05) is 0 Å². The van der Waals surface area contributed by atoms with Crippen LogP contribution in [-0.4, -0.2) is 11.6 Å². The van der Waals surface area contributed by atoms with Crippen molar-refractivity contribution in [1.29, 1.82) is 0 Å². The summed E-state index contributed by atoms with van der Waals surface area (Å²) in [5, 5.41) is 0. The van der Waals surface area contributed by atoms with Crippen molar-refractivity contribution < 1.29 is 4.74 Å². The van der Waals surface area contributed by atoms with E-state index >= 15 is 0 Å². The lowest BCUT2D eigenvalue weighted by atomic mass is 10.1. The molecule has 0 fully saturated rings. The molecule has 1 aliphatic heterocycles. The number of ether oxygens (including phenoxy) is 1. The van der Waals surface area contributed by atoms with Gasteiger partial charge in [-0.1, -0.05) is 36.9 Å². The Morgan fingerprint density at radius 3 is 2.53 bits per heavy atom. The number of benzene rings is 1. The molecule has 0 N–H and O–H groups in total. The van der Waals surface area contributed by atoms with Crippen molar-refractivity contribution >= 4 is 0 Å². The molecule has 0 spiro atoms. The summed E-state index contributed by atoms with van der Waals surface area (Å²) in [5.74, 6) is 0. The maximum Gasteiger partial charge on any atom is 0.141 e. The molecule has 1 heterocycles. The van der Waals surface area contributed by atoms with Gasteiger partial charge in [0.25, 0.3) is 0 Å². The van der Waals surface area contributed by atoms with Crippen LogP contribution in [0.5, 0.6) is 0 Å². The average molecular weight is 201 g/mol. The van der Waals surface area contributed by atoms with E-state index in [1.54, 1.807) is 18.4 Å². The summed E-state index contributed by atoms with van der Waals surface area (Å²) in [6.07, 6.45) is 5.18. The van der Waals surface area contributed by atoms with Crippen LogP contribution in [0.3, 0.4) is 0 Å². The van der Waals surface area contributed by atoms with E-state index in [-0.39, 0.29) is 0 Å². The van der Waals surface area contributed by atoms with Gasteiger partial charge in [-0.05, 0) is 17.2 Å². The van der Waals surface area contributed by atoms with E-state index in [4.69, 9.17) is 4.74 Å². The van der Waals surface area contributed by atoms with Crippen LogP contribution in [-0.2, 0) is 17.8 Å². The fraction of sp³-hybridized carbons (Fsp3) is 0.231. The van der Waals surface area contributed by atoms with Crippen LogP contribution in [0.25, 0.3) is 0 Å². The third-order valence-electron chi connectivity index (χ3n) is 2.47. The number of fused-ring (bicyclic) bond motifs is 1. The van der Waals surface area contributed by atoms with Gasteiger partial charge in [-0.15, -0.1) is 0 Å². The Balaban J connectivity index is 1.85. The van der Waals surface area contributed by atoms with Crippen LogP contribution in [0.1, 0.15) is 11.1 Å². The number of rotatable bonds is 4. The molecular formula is C13H15NO. The number of nitrogens with zero attached hydrogens (tertiary/aromatic N) is 1. The van der Waals surface area contributed by atoms with Crippen molar-refractivity contribution in [2.75, 3.05) is 6.73 Å². The number of hydrogen-bond acceptors (Lipinski definition) is 2. The highest BCUT2D eigenvalue weighted by Crippen LogP contribution is 2.21. The summed E-state index contributed by atoms with van der Waals surface area (Å²) in [5.41, 5.74) is 2.82. The van der Waals surface area contributed by atoms with Crippen LogP contribution >= 0.6 is 0 Å². The normalized spacial score (nSPS) is 15.5. The Bertz CT molecular complexity index is 346. The van der Waals surface area contributed by atoms with E-state index in [0.717, 1.165) is 13.1 Å². The first kappa shape index (κ1) is 9.99. The first-order valence-corrected chi connectivity index (χ1v) is 5.08. The van der Waals surface area contributed by atoms with E-state index in [2.05, 4.69) is 35.7 Å². The molecule has 0 saturated heterocycles. The SMILES string of the molecule is C=C/C=C\OCN1Cc2ccccc2C1. The van der Waals surface area contributed by atoms with Gasteiger partial charge in [0.15, 0.2) is 0 Å². The second-order valence-corrected chi connectivity index (χ2v) is 3.62. The monoisotopic (exact) mass is 201 g/mol. The molecule has 0 amide bonds. The van der Waals surface area contributed by atoms with Crippen molar-refractivity contribution in [1.82, 2.24) is 4.90 Å². The maximum absolute atomic E-state index is 5.36. The first-order valence-electron chi connectivity index (χ1n) is 5.08. The Morgan fingerprint density at radius 2 is 1.93 bits per heavy atom. The second-order valence-electron chi connectivity index (χ2n) is 3.62. The molecule has 0 aliphatic carbocycles. The van der Waals surface area contributed by atoms with Crippen molar-refractivity contribution in [3.63, 3.8) is 0 Å². The Morgan fingerprint density at radius 1 is 1.27 bits per heavy atom. The first-order chi connectivity index (χ1) is 7.40. The van der Waals surface area contributed by atoms with E-state index in [9.17, 15) is 0 Å². The van der Waals surface area contributed by atoms with Gasteiger partial charge in [0.2, 0.25) is 0 Å². The molecule has 1 aromatic rings. The highest BCUT2D eigenvalue weighted by Gasteiger charge is 2.17. The minimum atomic E-state index is 0.638. The highest BCUT2D eigenvalue weighted by atomic mass is 16.5. The van der Waals surface area contributed by atoms with Gasteiger partial charge < -0.3 is 4.74 Å². The lowest BCUT2D eigenvalue weighted by Crippen LogP contribution is -2.18. The largest absolute Gasteiger partial charge is 0.486 e. The summed E-state index contributed by atoms with van der Waals surface area (Å²) in [6, 6.07) is 8.52. The van der Waals surface area contributed by atoms with Gasteiger partial charge in [0, 0.05) is 13.1 Å². The van der Waals surface area contributed by atoms with Crippen LogP contribution in [0, 0.1) is 0 Å². The third-order valence-corrected chi connectivity index (χ3v) is 2.47. The molecule has 0 bridgehead atoms. The number of hydrogen-bond donors (Lipinski definition) is 0. The lowest BCUT2D eigenvalue weighted by Gasteiger charge is -2.13. The highest BCUT2D eigenvalue weighted by molar-refractivity contribution is 5.29. The van der Waals surface area contributed by atoms with E-state index < -0.39 is 0 Å². The average Bonchev–Trinajstić information content (AvgIpc) is 2.67. The summed E-state index contributed by atoms with van der Waals surface area (Å²) >= 11 is 0. The molecule has 2 rings (SSSR count). The van der Waals surface area contributed by atoms with Crippen molar-refractivity contribution in [2.24, 2.45) is 0 Å². The van der Waals surface area contributed by atoms with Crippen molar-refractivity contribution in [2.45, 2.75) is 13.1 Å². The predicted octanol–water partition coefficient (Wildman–Crippen LogP) is 2.68. The molecule has 0 atom stereocenters. The summed E-state index contributed by atoms with van der Waals surface area (Å²) in [4.78, 5) is 2.26. The molecule has 1 aromatic carbocycles. The second kappa shape index (κ2) is 4.80. The van der Waals surface area contributed by atoms with Crippen LogP contribution < -0.4 is 0 Å². The zero-order chi connectivity index (χ0) is 10.5. The summed E-state index contributed by atoms with van der Waals surface area (Å²) in [7, 11) is 0. The maximum atomic E-state index is 5.36. The smallest absolute Gasteiger partial charge is 0.141 e. The fourth-order valence-electron chi connectivity index (χ4n) is 1.75. The molecule has 78 valence electrons. The van der Waals surface area contributed by atoms with E-state index in [1.165, 1.54) is 11.1 Å². The molecule has 0 unspecified atom stereocenters. The zero-order valence-corrected chi connectivity index (χ0v) is 8.73. The van der Waals surface area contributed by atoms with Gasteiger partial charge in [0.1, 0.15) is 6.73 Å². The van der Waals surface area contributed by atoms with Crippen LogP contribution in [0.4, 0.5) is 0 Å². The molecular weight excluding hydrogens is 186 g/mol. The van der Waals surface area contributed by atoms with Gasteiger partial charge in [-0.2, -0.15) is 0 Å². The molecule has 0 radical (unpaired) electrons. The molecule has 0 saturated carbocycles. The van der Waals surface area contributed by atoms with Gasteiger partial charge >= 0.3 is 0 Å². The minimum Gasteiger partial charge on any atom is -0.486 e. The Kier molecular flexibility index (Phi) is 3.20. The van der Waals surface area contributed by atoms with Crippen molar-refractivity contribution in [3.05, 3.63) is 60.4 Å². The standard InChI is InChI=1S/C13H15NO/c1-2-3-8-15-11-14-9-12-6-4-5-7-13(12)10-14/h2-8H,1,9-11H2/b8-3-. The van der Waals surface area contributed by atoms with Crippen molar-refractivity contribution in [3.8, 4) is 0 Å². The zero-order valence-electron chi connectivity index (χ0n) is 8.73.